The highest BCUT2D eigenvalue weighted by Crippen LogP contribution is 2.27. The van der Waals surface area contributed by atoms with Crippen molar-refractivity contribution < 1.29 is 13.9 Å². The molecule has 2 aromatic carbocycles. The molecule has 2 rings (SSSR count). The van der Waals surface area contributed by atoms with Gasteiger partial charge in [0, 0.05) is 24.1 Å². The zero-order chi connectivity index (χ0) is 14.7. The van der Waals surface area contributed by atoms with Crippen LogP contribution in [0.3, 0.4) is 0 Å². The topological polar surface area (TPSA) is 55.6 Å². The Morgan fingerprint density at radius 2 is 1.75 bits per heavy atom. The van der Waals surface area contributed by atoms with Gasteiger partial charge in [0.25, 0.3) is 0 Å². The SMILES string of the molecule is COC(=O)c1cc(N(C)c2ccc(F)cc2)ccc1N. The lowest BCUT2D eigenvalue weighted by atomic mass is 10.1. The number of rotatable bonds is 3. The number of nitrogen functional groups attached to an aromatic ring is 1. The highest BCUT2D eigenvalue weighted by Gasteiger charge is 2.13. The molecule has 0 bridgehead atoms. The molecular weight excluding hydrogens is 259 g/mol. The summed E-state index contributed by atoms with van der Waals surface area (Å²) in [6, 6.07) is 11.1. The fourth-order valence-electron chi connectivity index (χ4n) is 1.85. The van der Waals surface area contributed by atoms with Crippen molar-refractivity contribution in [3.63, 3.8) is 0 Å². The molecule has 0 fully saturated rings. The van der Waals surface area contributed by atoms with E-state index in [-0.39, 0.29) is 5.82 Å². The van der Waals surface area contributed by atoms with Crippen molar-refractivity contribution in [2.75, 3.05) is 24.8 Å². The standard InChI is InChI=1S/C15H15FN2O2/c1-18(11-5-3-10(16)4-6-11)12-7-8-14(17)13(9-12)15(19)20-2/h3-9H,17H2,1-2H3. The van der Waals surface area contributed by atoms with E-state index in [9.17, 15) is 9.18 Å². The van der Waals surface area contributed by atoms with Gasteiger partial charge in [-0.25, -0.2) is 9.18 Å². The van der Waals surface area contributed by atoms with E-state index in [0.29, 0.717) is 11.3 Å². The molecule has 0 atom stereocenters. The van der Waals surface area contributed by atoms with Gasteiger partial charge in [-0.05, 0) is 42.5 Å². The molecule has 0 radical (unpaired) electrons. The van der Waals surface area contributed by atoms with Crippen molar-refractivity contribution in [2.45, 2.75) is 0 Å². The Morgan fingerprint density at radius 3 is 2.35 bits per heavy atom. The van der Waals surface area contributed by atoms with Crippen LogP contribution in [0, 0.1) is 5.82 Å². The Hall–Kier alpha value is -2.56. The van der Waals surface area contributed by atoms with Crippen LogP contribution in [-0.2, 0) is 4.74 Å². The number of benzene rings is 2. The van der Waals surface area contributed by atoms with Crippen LogP contribution in [-0.4, -0.2) is 20.1 Å². The van der Waals surface area contributed by atoms with Crippen LogP contribution in [0.15, 0.2) is 42.5 Å². The van der Waals surface area contributed by atoms with E-state index >= 15 is 0 Å². The van der Waals surface area contributed by atoms with E-state index < -0.39 is 5.97 Å². The summed E-state index contributed by atoms with van der Waals surface area (Å²) in [4.78, 5) is 13.4. The summed E-state index contributed by atoms with van der Waals surface area (Å²) < 4.78 is 17.6. The molecule has 4 nitrogen and oxygen atoms in total. The minimum Gasteiger partial charge on any atom is -0.465 e. The zero-order valence-electron chi connectivity index (χ0n) is 11.3. The second-order valence-corrected chi connectivity index (χ2v) is 4.30. The first-order chi connectivity index (χ1) is 9.52. The fraction of sp³-hybridized carbons (Fsp3) is 0.133. The third-order valence-electron chi connectivity index (χ3n) is 3.04. The molecule has 0 aliphatic carbocycles. The van der Waals surface area contributed by atoms with Crippen LogP contribution in [0.5, 0.6) is 0 Å². The second kappa shape index (κ2) is 5.61. The first-order valence-electron chi connectivity index (χ1n) is 6.00. The van der Waals surface area contributed by atoms with Crippen LogP contribution in [0.2, 0.25) is 0 Å². The van der Waals surface area contributed by atoms with Gasteiger partial charge in [-0.1, -0.05) is 0 Å². The van der Waals surface area contributed by atoms with Crippen molar-refractivity contribution in [1.82, 2.24) is 0 Å². The molecule has 0 unspecified atom stereocenters. The Balaban J connectivity index is 2.37. The summed E-state index contributed by atoms with van der Waals surface area (Å²) in [5.74, 6) is -0.786. The number of hydrogen-bond acceptors (Lipinski definition) is 4. The van der Waals surface area contributed by atoms with Crippen molar-refractivity contribution in [1.29, 1.82) is 0 Å². The van der Waals surface area contributed by atoms with Crippen LogP contribution >= 0.6 is 0 Å². The smallest absolute Gasteiger partial charge is 0.340 e. The zero-order valence-corrected chi connectivity index (χ0v) is 11.3. The predicted molar refractivity (Wildman–Crippen MR) is 76.7 cm³/mol. The summed E-state index contributed by atoms with van der Waals surface area (Å²) in [7, 11) is 3.12. The molecular formula is C15H15FN2O2. The molecule has 104 valence electrons. The van der Waals surface area contributed by atoms with Crippen molar-refractivity contribution in [3.8, 4) is 0 Å². The van der Waals surface area contributed by atoms with E-state index in [1.54, 1.807) is 30.3 Å². The average molecular weight is 274 g/mol. The molecule has 0 aliphatic rings. The minimum atomic E-state index is -0.489. The number of carbonyl (C=O) groups excluding carboxylic acids is 1. The largest absolute Gasteiger partial charge is 0.465 e. The van der Waals surface area contributed by atoms with Gasteiger partial charge >= 0.3 is 5.97 Å². The molecule has 5 heteroatoms. The number of halogens is 1. The Morgan fingerprint density at radius 1 is 1.15 bits per heavy atom. The van der Waals surface area contributed by atoms with Gasteiger partial charge in [-0.3, -0.25) is 0 Å². The first kappa shape index (κ1) is 13.9. The van der Waals surface area contributed by atoms with E-state index in [1.807, 2.05) is 11.9 Å². The summed E-state index contributed by atoms with van der Waals surface area (Å²) in [6.45, 7) is 0. The minimum absolute atomic E-state index is 0.297. The first-order valence-corrected chi connectivity index (χ1v) is 6.00. The molecule has 0 aliphatic heterocycles. The van der Waals surface area contributed by atoms with E-state index in [0.717, 1.165) is 11.4 Å². The maximum Gasteiger partial charge on any atom is 0.340 e. The second-order valence-electron chi connectivity index (χ2n) is 4.30. The van der Waals surface area contributed by atoms with Gasteiger partial charge in [0.2, 0.25) is 0 Å². The molecule has 2 N–H and O–H groups in total. The summed E-state index contributed by atoms with van der Waals surface area (Å²) >= 11 is 0. The third-order valence-corrected chi connectivity index (χ3v) is 3.04. The van der Waals surface area contributed by atoms with E-state index in [4.69, 9.17) is 5.73 Å². The molecule has 20 heavy (non-hydrogen) atoms. The number of anilines is 3. The number of nitrogens with zero attached hydrogens (tertiary/aromatic N) is 1. The van der Waals surface area contributed by atoms with Crippen LogP contribution in [0.25, 0.3) is 0 Å². The number of nitrogens with two attached hydrogens (primary N) is 1. The van der Waals surface area contributed by atoms with Crippen molar-refractivity contribution in [2.24, 2.45) is 0 Å². The Bertz CT molecular complexity index is 626. The van der Waals surface area contributed by atoms with E-state index in [1.165, 1.54) is 19.2 Å². The maximum absolute atomic E-state index is 12.9. The van der Waals surface area contributed by atoms with E-state index in [2.05, 4.69) is 4.74 Å². The quantitative estimate of drug-likeness (QED) is 0.690. The Labute approximate surface area is 116 Å². The van der Waals surface area contributed by atoms with Crippen LogP contribution in [0.4, 0.5) is 21.5 Å². The van der Waals surface area contributed by atoms with Gasteiger partial charge in [0.05, 0.1) is 12.7 Å². The molecule has 0 saturated carbocycles. The molecule has 2 aromatic rings. The third kappa shape index (κ3) is 2.71. The number of hydrogen-bond donors (Lipinski definition) is 1. The lowest BCUT2D eigenvalue weighted by Crippen LogP contribution is -2.12. The average Bonchev–Trinajstić information content (AvgIpc) is 2.47. The number of ether oxygens (including phenoxy) is 1. The van der Waals surface area contributed by atoms with Crippen molar-refractivity contribution in [3.05, 3.63) is 53.8 Å². The monoisotopic (exact) mass is 274 g/mol. The van der Waals surface area contributed by atoms with Gasteiger partial charge in [0.15, 0.2) is 0 Å². The summed E-state index contributed by atoms with van der Waals surface area (Å²) in [5.41, 5.74) is 7.97. The molecule has 0 aromatic heterocycles. The summed E-state index contributed by atoms with van der Waals surface area (Å²) in [6.07, 6.45) is 0. The number of carbonyl (C=O) groups is 1. The fourth-order valence-corrected chi connectivity index (χ4v) is 1.85. The summed E-state index contributed by atoms with van der Waals surface area (Å²) in [5, 5.41) is 0. The maximum atomic E-state index is 12.9. The molecule has 0 saturated heterocycles. The Kier molecular flexibility index (Phi) is 3.89. The number of esters is 1. The lowest BCUT2D eigenvalue weighted by Gasteiger charge is -2.20. The van der Waals surface area contributed by atoms with Crippen molar-refractivity contribution >= 4 is 23.0 Å². The van der Waals surface area contributed by atoms with Gasteiger partial charge in [0.1, 0.15) is 5.82 Å². The van der Waals surface area contributed by atoms with Crippen LogP contribution in [0.1, 0.15) is 10.4 Å². The highest BCUT2D eigenvalue weighted by molar-refractivity contribution is 5.96. The van der Waals surface area contributed by atoms with Gasteiger partial charge < -0.3 is 15.4 Å². The lowest BCUT2D eigenvalue weighted by molar-refractivity contribution is 0.0602. The van der Waals surface area contributed by atoms with Crippen LogP contribution < -0.4 is 10.6 Å². The van der Waals surface area contributed by atoms with Gasteiger partial charge in [-0.15, -0.1) is 0 Å². The highest BCUT2D eigenvalue weighted by atomic mass is 19.1. The van der Waals surface area contributed by atoms with Gasteiger partial charge in [-0.2, -0.15) is 0 Å². The molecule has 0 spiro atoms. The molecule has 0 heterocycles. The normalized spacial score (nSPS) is 10.2. The molecule has 0 amide bonds. The predicted octanol–water partition coefficient (Wildman–Crippen LogP) is 2.96. The number of methoxy groups -OCH3 is 1.